The number of nitriles is 1. The van der Waals surface area contributed by atoms with Gasteiger partial charge in [-0.25, -0.2) is 4.68 Å². The summed E-state index contributed by atoms with van der Waals surface area (Å²) < 4.78 is 1.48. The normalized spacial score (nSPS) is 10.1. The molecule has 0 saturated heterocycles. The minimum absolute atomic E-state index is 0.0106. The third-order valence-electron chi connectivity index (χ3n) is 3.13. The van der Waals surface area contributed by atoms with Gasteiger partial charge >= 0.3 is 5.69 Å². The molecule has 21 heavy (non-hydrogen) atoms. The molecule has 0 aliphatic rings. The van der Waals surface area contributed by atoms with Gasteiger partial charge in [-0.05, 0) is 24.1 Å². The van der Waals surface area contributed by atoms with Gasteiger partial charge in [-0.3, -0.25) is 10.1 Å². The largest absolute Gasteiger partial charge is 0.360 e. The molecule has 0 saturated carbocycles. The number of rotatable bonds is 5. The van der Waals surface area contributed by atoms with Crippen molar-refractivity contribution in [2.75, 3.05) is 5.32 Å². The number of nitrogens with zero attached hydrogens (tertiary/aromatic N) is 4. The molecule has 0 bridgehead atoms. The molecule has 0 radical (unpaired) electrons. The number of hydrogen-bond donors (Lipinski definition) is 1. The number of aryl methyl sites for hydroxylation is 2. The van der Waals surface area contributed by atoms with E-state index in [4.69, 9.17) is 5.26 Å². The van der Waals surface area contributed by atoms with Crippen LogP contribution in [0.15, 0.2) is 24.3 Å². The zero-order chi connectivity index (χ0) is 15.4. The van der Waals surface area contributed by atoms with Crippen molar-refractivity contribution in [2.24, 2.45) is 7.05 Å². The van der Waals surface area contributed by atoms with Gasteiger partial charge in [-0.15, -0.1) is 0 Å². The van der Waals surface area contributed by atoms with E-state index in [1.165, 1.54) is 4.68 Å². The van der Waals surface area contributed by atoms with Crippen molar-refractivity contribution in [2.45, 2.75) is 19.9 Å². The van der Waals surface area contributed by atoms with Crippen LogP contribution in [0, 0.1) is 21.4 Å². The van der Waals surface area contributed by atoms with E-state index in [0.29, 0.717) is 30.0 Å². The molecule has 0 aliphatic heterocycles. The average Bonchev–Trinajstić information content (AvgIpc) is 2.81. The fourth-order valence-corrected chi connectivity index (χ4v) is 2.13. The summed E-state index contributed by atoms with van der Waals surface area (Å²) >= 11 is 0. The maximum atomic E-state index is 11.2. The second-order valence-corrected chi connectivity index (χ2v) is 4.54. The summed E-state index contributed by atoms with van der Waals surface area (Å²) in [5.74, 6) is 0.374. The quantitative estimate of drug-likeness (QED) is 0.672. The van der Waals surface area contributed by atoms with Crippen LogP contribution >= 0.6 is 0 Å². The Morgan fingerprint density at radius 2 is 2.29 bits per heavy atom. The van der Waals surface area contributed by atoms with Crippen LogP contribution in [0.25, 0.3) is 0 Å². The number of nitrogens with one attached hydrogen (secondary N) is 1. The van der Waals surface area contributed by atoms with Crippen molar-refractivity contribution < 1.29 is 4.92 Å². The van der Waals surface area contributed by atoms with Crippen molar-refractivity contribution in [1.82, 2.24) is 9.78 Å². The minimum atomic E-state index is -0.417. The van der Waals surface area contributed by atoms with Crippen LogP contribution in [0.2, 0.25) is 0 Å². The van der Waals surface area contributed by atoms with Gasteiger partial charge in [-0.1, -0.05) is 19.1 Å². The summed E-state index contributed by atoms with van der Waals surface area (Å²) in [6.45, 7) is 2.22. The third kappa shape index (κ3) is 3.00. The zero-order valence-electron chi connectivity index (χ0n) is 11.8. The first-order chi connectivity index (χ1) is 10.1. The van der Waals surface area contributed by atoms with E-state index in [2.05, 4.69) is 16.5 Å². The van der Waals surface area contributed by atoms with E-state index in [1.54, 1.807) is 25.2 Å². The smallest absolute Gasteiger partial charge is 0.333 e. The van der Waals surface area contributed by atoms with Crippen molar-refractivity contribution in [3.8, 4) is 6.07 Å². The van der Waals surface area contributed by atoms with Gasteiger partial charge in [0.15, 0.2) is 0 Å². The summed E-state index contributed by atoms with van der Waals surface area (Å²) in [5, 5.41) is 27.3. The summed E-state index contributed by atoms with van der Waals surface area (Å²) in [6, 6.07) is 9.17. The second-order valence-electron chi connectivity index (χ2n) is 4.54. The van der Waals surface area contributed by atoms with Gasteiger partial charge in [0.1, 0.15) is 5.69 Å². The van der Waals surface area contributed by atoms with Crippen LogP contribution in [0.4, 0.5) is 11.5 Å². The lowest BCUT2D eigenvalue weighted by atomic mass is 10.1. The van der Waals surface area contributed by atoms with E-state index >= 15 is 0 Å². The highest BCUT2D eigenvalue weighted by Crippen LogP contribution is 2.28. The summed E-state index contributed by atoms with van der Waals surface area (Å²) in [6.07, 6.45) is 0.496. The Balaban J connectivity index is 2.26. The Hall–Kier alpha value is -2.88. The molecule has 108 valence electrons. The Morgan fingerprint density at radius 3 is 2.90 bits per heavy atom. The highest BCUT2D eigenvalue weighted by atomic mass is 16.6. The van der Waals surface area contributed by atoms with Gasteiger partial charge in [0.05, 0.1) is 16.6 Å². The maximum absolute atomic E-state index is 11.2. The molecule has 2 aromatic rings. The van der Waals surface area contributed by atoms with E-state index in [-0.39, 0.29) is 5.69 Å². The molecule has 0 spiro atoms. The topological polar surface area (TPSA) is 96.8 Å². The SMILES string of the molecule is CCc1nn(C)c(NCc2cccc(C#N)c2)c1[N+](=O)[O-]. The van der Waals surface area contributed by atoms with E-state index in [9.17, 15) is 10.1 Å². The van der Waals surface area contributed by atoms with Crippen LogP contribution in [0.3, 0.4) is 0 Å². The van der Waals surface area contributed by atoms with Gasteiger partial charge in [0.2, 0.25) is 5.82 Å². The molecule has 2 rings (SSSR count). The lowest BCUT2D eigenvalue weighted by molar-refractivity contribution is -0.384. The zero-order valence-corrected chi connectivity index (χ0v) is 11.8. The Morgan fingerprint density at radius 1 is 1.52 bits per heavy atom. The molecule has 7 heteroatoms. The van der Waals surface area contributed by atoms with E-state index in [1.807, 2.05) is 13.0 Å². The summed E-state index contributed by atoms with van der Waals surface area (Å²) in [5.41, 5.74) is 1.90. The number of aromatic nitrogens is 2. The van der Waals surface area contributed by atoms with Crippen LogP contribution in [0.5, 0.6) is 0 Å². The Labute approximate surface area is 122 Å². The maximum Gasteiger partial charge on any atom is 0.333 e. The van der Waals surface area contributed by atoms with Crippen LogP contribution in [-0.4, -0.2) is 14.7 Å². The van der Waals surface area contributed by atoms with Crippen molar-refractivity contribution >= 4 is 11.5 Å². The molecule has 1 aromatic carbocycles. The molecule has 1 heterocycles. The van der Waals surface area contributed by atoms with Gasteiger partial charge in [0, 0.05) is 13.6 Å². The highest BCUT2D eigenvalue weighted by Gasteiger charge is 2.25. The molecule has 0 unspecified atom stereocenters. The first-order valence-electron chi connectivity index (χ1n) is 6.50. The number of anilines is 1. The fourth-order valence-electron chi connectivity index (χ4n) is 2.13. The lowest BCUT2D eigenvalue weighted by Crippen LogP contribution is -2.06. The predicted molar refractivity (Wildman–Crippen MR) is 77.7 cm³/mol. The van der Waals surface area contributed by atoms with Crippen LogP contribution in [-0.2, 0) is 20.0 Å². The average molecular weight is 285 g/mol. The van der Waals surface area contributed by atoms with E-state index in [0.717, 1.165) is 5.56 Å². The monoisotopic (exact) mass is 285 g/mol. The molecule has 1 aromatic heterocycles. The number of hydrogen-bond acceptors (Lipinski definition) is 5. The third-order valence-corrected chi connectivity index (χ3v) is 3.13. The molecular weight excluding hydrogens is 270 g/mol. The second kappa shape index (κ2) is 6.05. The standard InChI is InChI=1S/C14H15N5O2/c1-3-12-13(19(20)21)14(18(2)17-12)16-9-11-6-4-5-10(7-11)8-15/h4-7,16H,3,9H2,1-2H3. The van der Waals surface area contributed by atoms with Gasteiger partial charge < -0.3 is 5.32 Å². The minimum Gasteiger partial charge on any atom is -0.360 e. The van der Waals surface area contributed by atoms with Crippen molar-refractivity contribution in [3.63, 3.8) is 0 Å². The molecule has 0 atom stereocenters. The molecule has 7 nitrogen and oxygen atoms in total. The molecule has 0 fully saturated rings. The molecule has 1 N–H and O–H groups in total. The fraction of sp³-hybridized carbons (Fsp3) is 0.286. The first kappa shape index (κ1) is 14.5. The Bertz CT molecular complexity index is 715. The van der Waals surface area contributed by atoms with Crippen LogP contribution < -0.4 is 5.32 Å². The molecular formula is C14H15N5O2. The van der Waals surface area contributed by atoms with E-state index < -0.39 is 4.92 Å². The van der Waals surface area contributed by atoms with Crippen molar-refractivity contribution in [3.05, 3.63) is 51.2 Å². The molecule has 0 amide bonds. The van der Waals surface area contributed by atoms with Gasteiger partial charge in [0.25, 0.3) is 0 Å². The number of nitro groups is 1. The first-order valence-corrected chi connectivity index (χ1v) is 6.50. The Kier molecular flexibility index (Phi) is 4.18. The lowest BCUT2D eigenvalue weighted by Gasteiger charge is -2.06. The van der Waals surface area contributed by atoms with Crippen LogP contribution in [0.1, 0.15) is 23.7 Å². The number of benzene rings is 1. The molecule has 0 aliphatic carbocycles. The van der Waals surface area contributed by atoms with Crippen molar-refractivity contribution in [1.29, 1.82) is 5.26 Å². The predicted octanol–water partition coefficient (Wildman–Crippen LogP) is 2.37. The summed E-state index contributed by atoms with van der Waals surface area (Å²) in [4.78, 5) is 10.8. The summed E-state index contributed by atoms with van der Waals surface area (Å²) in [7, 11) is 1.67. The van der Waals surface area contributed by atoms with Gasteiger partial charge in [-0.2, -0.15) is 10.4 Å². The highest BCUT2D eigenvalue weighted by molar-refractivity contribution is 5.60.